The molecule has 0 atom stereocenters. The SMILES string of the molecule is COc1cc(/C=C/C(=O)O)cc(S(=O)(=O)Nc2cccc3cccnc23)c1OC. The molecule has 8 nitrogen and oxygen atoms in total. The van der Waals surface area contributed by atoms with E-state index in [9.17, 15) is 13.2 Å². The van der Waals surface area contributed by atoms with E-state index in [-0.39, 0.29) is 16.4 Å². The maximum Gasteiger partial charge on any atom is 0.328 e. The minimum atomic E-state index is -4.12. The Labute approximate surface area is 167 Å². The van der Waals surface area contributed by atoms with Gasteiger partial charge in [-0.1, -0.05) is 18.2 Å². The first kappa shape index (κ1) is 20.2. The van der Waals surface area contributed by atoms with Crippen molar-refractivity contribution >= 4 is 38.7 Å². The number of carboxylic acids is 1. The van der Waals surface area contributed by atoms with E-state index in [1.54, 1.807) is 24.4 Å². The maximum absolute atomic E-state index is 13.2. The van der Waals surface area contributed by atoms with Crippen LogP contribution in [0.2, 0.25) is 0 Å². The number of anilines is 1. The van der Waals surface area contributed by atoms with Crippen molar-refractivity contribution in [3.8, 4) is 11.5 Å². The van der Waals surface area contributed by atoms with Crippen LogP contribution in [0.5, 0.6) is 11.5 Å². The van der Waals surface area contributed by atoms with Crippen LogP contribution in [0.25, 0.3) is 17.0 Å². The van der Waals surface area contributed by atoms with Crippen LogP contribution in [0.15, 0.2) is 59.6 Å². The molecule has 0 spiro atoms. The van der Waals surface area contributed by atoms with Gasteiger partial charge in [-0.3, -0.25) is 9.71 Å². The van der Waals surface area contributed by atoms with Crippen LogP contribution >= 0.6 is 0 Å². The van der Waals surface area contributed by atoms with Gasteiger partial charge in [0.05, 0.1) is 25.4 Å². The summed E-state index contributed by atoms with van der Waals surface area (Å²) in [4.78, 5) is 14.9. The summed E-state index contributed by atoms with van der Waals surface area (Å²) in [5, 5.41) is 9.62. The third-order valence-corrected chi connectivity index (χ3v) is 5.42. The highest BCUT2D eigenvalue weighted by molar-refractivity contribution is 7.92. The zero-order valence-electron chi connectivity index (χ0n) is 15.6. The number of fused-ring (bicyclic) bond motifs is 1. The molecule has 0 fully saturated rings. The number of hydrogen-bond donors (Lipinski definition) is 2. The second kappa shape index (κ2) is 8.19. The molecule has 0 unspecified atom stereocenters. The number of aliphatic carboxylic acids is 1. The Balaban J connectivity index is 2.13. The molecule has 2 aromatic carbocycles. The molecule has 0 saturated heterocycles. The lowest BCUT2D eigenvalue weighted by Crippen LogP contribution is -2.15. The van der Waals surface area contributed by atoms with Gasteiger partial charge in [-0.2, -0.15) is 0 Å². The Hall–Kier alpha value is -3.59. The number of rotatable bonds is 7. The lowest BCUT2D eigenvalue weighted by molar-refractivity contribution is -0.131. The summed E-state index contributed by atoms with van der Waals surface area (Å²) in [6.07, 6.45) is 3.74. The van der Waals surface area contributed by atoms with Crippen molar-refractivity contribution in [2.75, 3.05) is 18.9 Å². The van der Waals surface area contributed by atoms with Crippen LogP contribution in [0.3, 0.4) is 0 Å². The van der Waals surface area contributed by atoms with Crippen LogP contribution in [-0.4, -0.2) is 38.7 Å². The predicted octanol–water partition coefficient (Wildman–Crippen LogP) is 3.15. The zero-order valence-corrected chi connectivity index (χ0v) is 16.4. The number of para-hydroxylation sites is 1. The summed E-state index contributed by atoms with van der Waals surface area (Å²) in [5.74, 6) is -1.01. The van der Waals surface area contributed by atoms with Crippen molar-refractivity contribution in [3.05, 3.63) is 60.3 Å². The molecule has 0 amide bonds. The quantitative estimate of drug-likeness (QED) is 0.571. The predicted molar refractivity (Wildman–Crippen MR) is 109 cm³/mol. The molecule has 0 bridgehead atoms. The first-order valence-electron chi connectivity index (χ1n) is 8.39. The van der Waals surface area contributed by atoms with Gasteiger partial charge in [0.25, 0.3) is 10.0 Å². The minimum absolute atomic E-state index is 0.000621. The molecule has 29 heavy (non-hydrogen) atoms. The number of nitrogens with zero attached hydrogens (tertiary/aromatic N) is 1. The number of hydrogen-bond acceptors (Lipinski definition) is 6. The molecule has 0 aliphatic heterocycles. The zero-order chi connectivity index (χ0) is 21.0. The Bertz CT molecular complexity index is 1200. The van der Waals surface area contributed by atoms with Gasteiger partial charge < -0.3 is 14.6 Å². The third-order valence-electron chi connectivity index (χ3n) is 4.05. The minimum Gasteiger partial charge on any atom is -0.493 e. The standard InChI is InChI=1S/C20H18N2O6S/c1-27-16-11-13(8-9-18(23)24)12-17(20(16)28-2)29(25,26)22-15-7-3-5-14-6-4-10-21-19(14)15/h3-12,22H,1-2H3,(H,23,24)/b9-8+. The molecule has 0 aliphatic rings. The molecule has 0 aliphatic carbocycles. The molecular weight excluding hydrogens is 396 g/mol. The molecular formula is C20H18N2O6S. The molecule has 1 heterocycles. The van der Waals surface area contributed by atoms with Crippen molar-refractivity contribution in [1.29, 1.82) is 0 Å². The topological polar surface area (TPSA) is 115 Å². The van der Waals surface area contributed by atoms with Crippen molar-refractivity contribution in [2.24, 2.45) is 0 Å². The summed E-state index contributed by atoms with van der Waals surface area (Å²) >= 11 is 0. The molecule has 0 radical (unpaired) electrons. The van der Waals surface area contributed by atoms with E-state index >= 15 is 0 Å². The molecule has 3 rings (SSSR count). The van der Waals surface area contributed by atoms with Gasteiger partial charge in [-0.15, -0.1) is 0 Å². The average molecular weight is 414 g/mol. The van der Waals surface area contributed by atoms with E-state index in [0.29, 0.717) is 16.8 Å². The Morgan fingerprint density at radius 1 is 1.14 bits per heavy atom. The Kier molecular flexibility index (Phi) is 5.69. The number of benzene rings is 2. The maximum atomic E-state index is 13.2. The Morgan fingerprint density at radius 3 is 2.59 bits per heavy atom. The summed E-state index contributed by atoms with van der Waals surface area (Å²) in [5.41, 5.74) is 1.11. The molecule has 2 N–H and O–H groups in total. The Morgan fingerprint density at radius 2 is 1.90 bits per heavy atom. The number of pyridine rings is 1. The third kappa shape index (κ3) is 4.30. The number of sulfonamides is 1. The van der Waals surface area contributed by atoms with Gasteiger partial charge in [-0.25, -0.2) is 13.2 Å². The number of carboxylic acid groups (broad SMARTS) is 1. The van der Waals surface area contributed by atoms with Crippen molar-refractivity contribution < 1.29 is 27.8 Å². The van der Waals surface area contributed by atoms with E-state index in [0.717, 1.165) is 11.5 Å². The number of aromatic nitrogens is 1. The van der Waals surface area contributed by atoms with E-state index < -0.39 is 16.0 Å². The first-order chi connectivity index (χ1) is 13.9. The van der Waals surface area contributed by atoms with Gasteiger partial charge in [0.2, 0.25) is 0 Å². The van der Waals surface area contributed by atoms with Gasteiger partial charge in [-0.05, 0) is 35.9 Å². The molecule has 3 aromatic rings. The highest BCUT2D eigenvalue weighted by Gasteiger charge is 2.24. The van der Waals surface area contributed by atoms with Crippen LogP contribution < -0.4 is 14.2 Å². The number of ether oxygens (including phenoxy) is 2. The van der Waals surface area contributed by atoms with Crippen LogP contribution in [0, 0.1) is 0 Å². The summed E-state index contributed by atoms with van der Waals surface area (Å²) in [7, 11) is -1.43. The van der Waals surface area contributed by atoms with Gasteiger partial charge in [0.15, 0.2) is 11.5 Å². The van der Waals surface area contributed by atoms with E-state index in [1.807, 2.05) is 12.1 Å². The monoisotopic (exact) mass is 414 g/mol. The van der Waals surface area contributed by atoms with Crippen LogP contribution in [0.4, 0.5) is 5.69 Å². The normalized spacial score (nSPS) is 11.5. The molecule has 150 valence electrons. The fourth-order valence-electron chi connectivity index (χ4n) is 2.80. The summed E-state index contributed by atoms with van der Waals surface area (Å²) < 4.78 is 39.4. The number of methoxy groups -OCH3 is 2. The molecule has 9 heteroatoms. The van der Waals surface area contributed by atoms with Crippen LogP contribution in [-0.2, 0) is 14.8 Å². The van der Waals surface area contributed by atoms with Crippen molar-refractivity contribution in [3.63, 3.8) is 0 Å². The van der Waals surface area contributed by atoms with Crippen molar-refractivity contribution in [1.82, 2.24) is 4.98 Å². The fourth-order valence-corrected chi connectivity index (χ4v) is 4.08. The van der Waals surface area contributed by atoms with Crippen LogP contribution in [0.1, 0.15) is 5.56 Å². The highest BCUT2D eigenvalue weighted by Crippen LogP contribution is 2.37. The van der Waals surface area contributed by atoms with Crippen molar-refractivity contribution in [2.45, 2.75) is 4.90 Å². The van der Waals surface area contributed by atoms with E-state index in [4.69, 9.17) is 14.6 Å². The lowest BCUT2D eigenvalue weighted by atomic mass is 10.2. The van der Waals surface area contributed by atoms with Gasteiger partial charge in [0, 0.05) is 17.7 Å². The summed E-state index contributed by atoms with van der Waals surface area (Å²) in [6, 6.07) is 11.5. The first-order valence-corrected chi connectivity index (χ1v) is 9.87. The molecule has 1 aromatic heterocycles. The van der Waals surface area contributed by atoms with E-state index in [2.05, 4.69) is 9.71 Å². The summed E-state index contributed by atoms with van der Waals surface area (Å²) in [6.45, 7) is 0. The smallest absolute Gasteiger partial charge is 0.328 e. The largest absolute Gasteiger partial charge is 0.493 e. The fraction of sp³-hybridized carbons (Fsp3) is 0.100. The number of nitrogens with one attached hydrogen (secondary N) is 1. The average Bonchev–Trinajstić information content (AvgIpc) is 2.71. The second-order valence-corrected chi connectivity index (χ2v) is 7.56. The van der Waals surface area contributed by atoms with Gasteiger partial charge >= 0.3 is 5.97 Å². The lowest BCUT2D eigenvalue weighted by Gasteiger charge is -2.16. The second-order valence-electron chi connectivity index (χ2n) is 5.91. The van der Waals surface area contributed by atoms with Gasteiger partial charge in [0.1, 0.15) is 4.90 Å². The molecule has 0 saturated carbocycles. The van der Waals surface area contributed by atoms with E-state index in [1.165, 1.54) is 32.4 Å². The highest BCUT2D eigenvalue weighted by atomic mass is 32.2. The number of carbonyl (C=O) groups is 1.